The maximum Gasteiger partial charge on any atom is 0.319 e. The smallest absolute Gasteiger partial charge is 0.319 e. The summed E-state index contributed by atoms with van der Waals surface area (Å²) in [7, 11) is 0. The molecule has 11 nitrogen and oxygen atoms in total. The number of amides is 2. The Morgan fingerprint density at radius 3 is 2.80 bits per heavy atom. The largest absolute Gasteiger partial charge is 0.412 e. The van der Waals surface area contributed by atoms with E-state index in [1.165, 1.54) is 5.56 Å². The van der Waals surface area contributed by atoms with Crippen molar-refractivity contribution >= 4 is 22.8 Å². The lowest BCUT2D eigenvalue weighted by molar-refractivity contribution is 0.0342. The molecule has 0 bridgehead atoms. The quantitative estimate of drug-likeness (QED) is 0.470. The molecule has 1 saturated heterocycles. The van der Waals surface area contributed by atoms with Crippen LogP contribution in [-0.4, -0.2) is 74.4 Å². The van der Waals surface area contributed by atoms with Crippen LogP contribution in [0.3, 0.4) is 0 Å². The SMILES string of the molecule is O.O.O=C(Nc1cn[nH]c1-c1nc2ccc(CN3CCOCC3)cc2[nH]1)NC1CC1. The number of nitrogens with zero attached hydrogens (tertiary/aromatic N) is 3. The number of H-pyrrole nitrogens is 2. The standard InChI is InChI=1S/C19H23N7O2.2H2O/c27-19(21-13-2-3-13)24-16-10-20-25-17(16)18-22-14-4-1-12(9-15(14)23-18)11-26-5-7-28-8-6-26;;/h1,4,9-10,13H,2-3,5-8,11H2,(H,20,25)(H,22,23)(H2,21,24,27);2*1H2. The van der Waals surface area contributed by atoms with Gasteiger partial charge in [-0.3, -0.25) is 10.00 Å². The molecule has 1 saturated carbocycles. The number of anilines is 1. The van der Waals surface area contributed by atoms with E-state index >= 15 is 0 Å². The summed E-state index contributed by atoms with van der Waals surface area (Å²) in [6.45, 7) is 4.39. The van der Waals surface area contributed by atoms with Crippen LogP contribution in [0.4, 0.5) is 10.5 Å². The molecule has 2 fully saturated rings. The van der Waals surface area contributed by atoms with E-state index < -0.39 is 0 Å². The van der Waals surface area contributed by atoms with Crippen molar-refractivity contribution in [3.63, 3.8) is 0 Å². The van der Waals surface area contributed by atoms with Gasteiger partial charge in [0.1, 0.15) is 5.69 Å². The average Bonchev–Trinajstić information content (AvgIpc) is 3.22. The van der Waals surface area contributed by atoms with Gasteiger partial charge >= 0.3 is 6.03 Å². The van der Waals surface area contributed by atoms with Gasteiger partial charge in [-0.1, -0.05) is 6.07 Å². The summed E-state index contributed by atoms with van der Waals surface area (Å²) in [5, 5.41) is 12.8. The fraction of sp³-hybridized carbons (Fsp3) is 0.421. The van der Waals surface area contributed by atoms with Gasteiger partial charge in [-0.25, -0.2) is 9.78 Å². The number of imidazole rings is 1. The molecule has 8 N–H and O–H groups in total. The number of carbonyl (C=O) groups is 1. The highest BCUT2D eigenvalue weighted by Crippen LogP contribution is 2.26. The molecule has 0 atom stereocenters. The number of rotatable bonds is 5. The Balaban J connectivity index is 0.00000128. The number of aromatic nitrogens is 4. The molecule has 30 heavy (non-hydrogen) atoms. The summed E-state index contributed by atoms with van der Waals surface area (Å²) < 4.78 is 5.41. The second-order valence-electron chi connectivity index (χ2n) is 7.36. The summed E-state index contributed by atoms with van der Waals surface area (Å²) in [5.41, 5.74) is 4.34. The lowest BCUT2D eigenvalue weighted by atomic mass is 10.2. The van der Waals surface area contributed by atoms with Crippen LogP contribution < -0.4 is 10.6 Å². The number of carbonyl (C=O) groups excluding carboxylic acids is 1. The first-order valence-electron chi connectivity index (χ1n) is 9.64. The molecule has 3 aromatic rings. The van der Waals surface area contributed by atoms with Gasteiger partial charge < -0.3 is 31.3 Å². The molecule has 3 heterocycles. The first-order valence-corrected chi connectivity index (χ1v) is 9.64. The van der Waals surface area contributed by atoms with Crippen molar-refractivity contribution in [2.75, 3.05) is 31.6 Å². The van der Waals surface area contributed by atoms with Crippen molar-refractivity contribution < 1.29 is 20.5 Å². The number of benzene rings is 1. The Kier molecular flexibility index (Phi) is 6.67. The summed E-state index contributed by atoms with van der Waals surface area (Å²) >= 11 is 0. The van der Waals surface area contributed by atoms with E-state index in [1.54, 1.807) is 6.20 Å². The maximum atomic E-state index is 12.0. The van der Waals surface area contributed by atoms with E-state index in [0.29, 0.717) is 23.2 Å². The number of fused-ring (bicyclic) bond motifs is 1. The fourth-order valence-electron chi connectivity index (χ4n) is 3.42. The van der Waals surface area contributed by atoms with Gasteiger partial charge in [-0.05, 0) is 30.5 Å². The van der Waals surface area contributed by atoms with Crippen LogP contribution >= 0.6 is 0 Å². The topological polar surface area (TPSA) is 174 Å². The molecule has 1 aliphatic carbocycles. The zero-order valence-electron chi connectivity index (χ0n) is 16.5. The number of ether oxygens (including phenoxy) is 1. The monoisotopic (exact) mass is 417 g/mol. The van der Waals surface area contributed by atoms with Gasteiger partial charge in [0, 0.05) is 25.7 Å². The summed E-state index contributed by atoms with van der Waals surface area (Å²) in [4.78, 5) is 22.4. The molecule has 2 aromatic heterocycles. The summed E-state index contributed by atoms with van der Waals surface area (Å²) in [5.74, 6) is 0.651. The van der Waals surface area contributed by atoms with Crippen molar-refractivity contribution in [2.45, 2.75) is 25.4 Å². The number of aromatic amines is 2. The van der Waals surface area contributed by atoms with Gasteiger partial charge in [-0.2, -0.15) is 5.10 Å². The highest BCUT2D eigenvalue weighted by atomic mass is 16.5. The van der Waals surface area contributed by atoms with E-state index in [1.807, 2.05) is 6.07 Å². The normalized spacial score (nSPS) is 16.5. The maximum absolute atomic E-state index is 12.0. The second-order valence-corrected chi connectivity index (χ2v) is 7.36. The Morgan fingerprint density at radius 2 is 2.03 bits per heavy atom. The van der Waals surface area contributed by atoms with Crippen molar-refractivity contribution in [1.29, 1.82) is 0 Å². The van der Waals surface area contributed by atoms with Crippen molar-refractivity contribution in [3.8, 4) is 11.5 Å². The number of hydrogen-bond donors (Lipinski definition) is 4. The number of hydrogen-bond acceptors (Lipinski definition) is 5. The Bertz CT molecular complexity index is 992. The van der Waals surface area contributed by atoms with Gasteiger partial charge in [-0.15, -0.1) is 0 Å². The van der Waals surface area contributed by atoms with Crippen LogP contribution in [0.15, 0.2) is 24.4 Å². The van der Waals surface area contributed by atoms with Crippen LogP contribution in [0, 0.1) is 0 Å². The first kappa shape index (κ1) is 21.7. The third kappa shape index (κ3) is 4.76. The van der Waals surface area contributed by atoms with Crippen molar-refractivity contribution in [2.24, 2.45) is 0 Å². The summed E-state index contributed by atoms with van der Waals surface area (Å²) in [6, 6.07) is 6.34. The van der Waals surface area contributed by atoms with E-state index in [4.69, 9.17) is 4.74 Å². The van der Waals surface area contributed by atoms with Gasteiger partial charge in [0.25, 0.3) is 0 Å². The van der Waals surface area contributed by atoms with E-state index in [9.17, 15) is 4.79 Å². The second kappa shape index (κ2) is 9.22. The number of nitrogens with one attached hydrogen (secondary N) is 4. The molecule has 11 heteroatoms. The molecule has 162 valence electrons. The van der Waals surface area contributed by atoms with Crippen LogP contribution in [0.5, 0.6) is 0 Å². The minimum Gasteiger partial charge on any atom is -0.412 e. The summed E-state index contributed by atoms with van der Waals surface area (Å²) in [6.07, 6.45) is 3.68. The molecule has 0 spiro atoms. The molecule has 1 aromatic carbocycles. The first-order chi connectivity index (χ1) is 13.7. The Labute approximate surface area is 172 Å². The lowest BCUT2D eigenvalue weighted by Crippen LogP contribution is -2.35. The molecule has 5 rings (SSSR count). The van der Waals surface area contributed by atoms with Gasteiger partial charge in [0.2, 0.25) is 0 Å². The molecular formula is C19H27N7O4. The van der Waals surface area contributed by atoms with Gasteiger partial charge in [0.05, 0.1) is 36.1 Å². The predicted molar refractivity (Wildman–Crippen MR) is 112 cm³/mol. The van der Waals surface area contributed by atoms with Crippen LogP contribution in [0.25, 0.3) is 22.6 Å². The van der Waals surface area contributed by atoms with Crippen LogP contribution in [0.2, 0.25) is 0 Å². The molecule has 2 amide bonds. The fourth-order valence-corrected chi connectivity index (χ4v) is 3.42. The van der Waals surface area contributed by atoms with E-state index in [0.717, 1.165) is 56.7 Å². The van der Waals surface area contributed by atoms with E-state index in [-0.39, 0.29) is 17.0 Å². The molecular weight excluding hydrogens is 390 g/mol. The Morgan fingerprint density at radius 1 is 1.23 bits per heavy atom. The minimum absolute atomic E-state index is 0. The molecule has 0 radical (unpaired) electrons. The molecule has 1 aliphatic heterocycles. The van der Waals surface area contributed by atoms with Crippen LogP contribution in [0.1, 0.15) is 18.4 Å². The minimum atomic E-state index is -0.214. The highest BCUT2D eigenvalue weighted by Gasteiger charge is 2.24. The average molecular weight is 417 g/mol. The number of urea groups is 1. The van der Waals surface area contributed by atoms with Gasteiger partial charge in [0.15, 0.2) is 5.82 Å². The zero-order chi connectivity index (χ0) is 18.9. The zero-order valence-corrected chi connectivity index (χ0v) is 16.5. The number of morpholine rings is 1. The van der Waals surface area contributed by atoms with Crippen molar-refractivity contribution in [1.82, 2.24) is 30.4 Å². The lowest BCUT2D eigenvalue weighted by Gasteiger charge is -2.26. The molecule has 2 aliphatic rings. The van der Waals surface area contributed by atoms with E-state index in [2.05, 4.69) is 47.8 Å². The predicted octanol–water partition coefficient (Wildman–Crippen LogP) is 0.420. The van der Waals surface area contributed by atoms with Crippen LogP contribution in [-0.2, 0) is 11.3 Å². The van der Waals surface area contributed by atoms with Crippen molar-refractivity contribution in [3.05, 3.63) is 30.0 Å². The molecule has 0 unspecified atom stereocenters. The highest BCUT2D eigenvalue weighted by molar-refractivity contribution is 5.93. The third-order valence-corrected chi connectivity index (χ3v) is 5.09. The third-order valence-electron chi connectivity index (χ3n) is 5.09. The Hall–Kier alpha value is -2.99.